The van der Waals surface area contributed by atoms with Crippen LogP contribution in [-0.4, -0.2) is 29.9 Å². The summed E-state index contributed by atoms with van der Waals surface area (Å²) in [4.78, 5) is 14.3. The molecule has 0 radical (unpaired) electrons. The summed E-state index contributed by atoms with van der Waals surface area (Å²) in [6.45, 7) is 8.08. The maximum absolute atomic E-state index is 12.5. The van der Waals surface area contributed by atoms with Crippen LogP contribution in [0.5, 0.6) is 0 Å². The minimum absolute atomic E-state index is 0.0750. The zero-order chi connectivity index (χ0) is 14.6. The Morgan fingerprint density at radius 1 is 1.16 bits per heavy atom. The number of hydrogen-bond donors (Lipinski definition) is 1. The maximum atomic E-state index is 12.5. The van der Waals surface area contributed by atoms with Crippen LogP contribution in [0.15, 0.2) is 24.3 Å². The van der Waals surface area contributed by atoms with Gasteiger partial charge in [-0.2, -0.15) is 0 Å². The Kier molecular flexibility index (Phi) is 5.83. The minimum atomic E-state index is -0.329. The fraction of sp³-hybridized carbons (Fsp3) is 0.533. The lowest BCUT2D eigenvalue weighted by atomic mass is 10.0. The SMILES string of the molecule is CC(C)N[C@@H](C(=O)N(C)C(C)C)c1ccc(Cl)cc1. The first-order valence-electron chi connectivity index (χ1n) is 6.61. The van der Waals surface area contributed by atoms with Crippen LogP contribution in [0.1, 0.15) is 39.3 Å². The van der Waals surface area contributed by atoms with E-state index in [0.29, 0.717) is 5.02 Å². The van der Waals surface area contributed by atoms with Crippen LogP contribution in [0.25, 0.3) is 0 Å². The molecule has 0 spiro atoms. The topological polar surface area (TPSA) is 32.3 Å². The van der Waals surface area contributed by atoms with Crippen molar-refractivity contribution < 1.29 is 4.79 Å². The van der Waals surface area contributed by atoms with E-state index in [1.807, 2.05) is 59.0 Å². The van der Waals surface area contributed by atoms with Crippen molar-refractivity contribution in [1.82, 2.24) is 10.2 Å². The number of amides is 1. The summed E-state index contributed by atoms with van der Waals surface area (Å²) in [7, 11) is 1.83. The zero-order valence-corrected chi connectivity index (χ0v) is 13.0. The molecular formula is C15H23ClN2O. The van der Waals surface area contributed by atoms with Crippen molar-refractivity contribution in [2.75, 3.05) is 7.05 Å². The van der Waals surface area contributed by atoms with Gasteiger partial charge in [0.2, 0.25) is 5.91 Å². The van der Waals surface area contributed by atoms with Crippen molar-refractivity contribution >= 4 is 17.5 Å². The lowest BCUT2D eigenvalue weighted by Gasteiger charge is -2.29. The molecule has 4 heteroatoms. The van der Waals surface area contributed by atoms with E-state index in [0.717, 1.165) is 5.56 Å². The second kappa shape index (κ2) is 6.92. The van der Waals surface area contributed by atoms with Crippen LogP contribution >= 0.6 is 11.6 Å². The highest BCUT2D eigenvalue weighted by Crippen LogP contribution is 2.20. The molecule has 3 nitrogen and oxygen atoms in total. The lowest BCUT2D eigenvalue weighted by Crippen LogP contribution is -2.43. The predicted octanol–water partition coefficient (Wildman–Crippen LogP) is 3.25. The summed E-state index contributed by atoms with van der Waals surface area (Å²) >= 11 is 5.90. The fourth-order valence-corrected chi connectivity index (χ4v) is 1.88. The molecule has 1 aromatic carbocycles. The van der Waals surface area contributed by atoms with Gasteiger partial charge in [-0.25, -0.2) is 0 Å². The van der Waals surface area contributed by atoms with Crippen molar-refractivity contribution in [1.29, 1.82) is 0 Å². The van der Waals surface area contributed by atoms with Crippen LogP contribution in [0.3, 0.4) is 0 Å². The molecule has 1 aromatic rings. The highest BCUT2D eigenvalue weighted by atomic mass is 35.5. The van der Waals surface area contributed by atoms with Gasteiger partial charge in [-0.05, 0) is 45.4 Å². The van der Waals surface area contributed by atoms with Gasteiger partial charge in [0.15, 0.2) is 0 Å². The molecule has 0 bridgehead atoms. The van der Waals surface area contributed by atoms with E-state index in [1.54, 1.807) is 4.90 Å². The summed E-state index contributed by atoms with van der Waals surface area (Å²) in [6, 6.07) is 7.50. The Labute approximate surface area is 120 Å². The Morgan fingerprint density at radius 3 is 2.11 bits per heavy atom. The first-order chi connectivity index (χ1) is 8.82. The highest BCUT2D eigenvalue weighted by molar-refractivity contribution is 6.30. The average Bonchev–Trinajstić information content (AvgIpc) is 2.35. The van der Waals surface area contributed by atoms with Gasteiger partial charge >= 0.3 is 0 Å². The summed E-state index contributed by atoms with van der Waals surface area (Å²) in [5.41, 5.74) is 0.940. The monoisotopic (exact) mass is 282 g/mol. The Hall–Kier alpha value is -1.06. The van der Waals surface area contributed by atoms with Gasteiger partial charge in [0, 0.05) is 24.2 Å². The molecule has 19 heavy (non-hydrogen) atoms. The van der Waals surface area contributed by atoms with Gasteiger partial charge in [0.05, 0.1) is 0 Å². The third-order valence-corrected chi connectivity index (χ3v) is 3.32. The molecule has 0 unspecified atom stereocenters. The normalized spacial score (nSPS) is 12.8. The summed E-state index contributed by atoms with van der Waals surface area (Å²) in [6.07, 6.45) is 0. The molecule has 1 atom stereocenters. The second-order valence-corrected chi connectivity index (χ2v) is 5.79. The van der Waals surface area contributed by atoms with Gasteiger partial charge < -0.3 is 4.90 Å². The Balaban J connectivity index is 3.00. The van der Waals surface area contributed by atoms with Crippen LogP contribution < -0.4 is 5.32 Å². The van der Waals surface area contributed by atoms with Crippen molar-refractivity contribution in [2.24, 2.45) is 0 Å². The van der Waals surface area contributed by atoms with Crippen molar-refractivity contribution in [3.8, 4) is 0 Å². The summed E-state index contributed by atoms with van der Waals surface area (Å²) in [5, 5.41) is 3.99. The maximum Gasteiger partial charge on any atom is 0.244 e. The lowest BCUT2D eigenvalue weighted by molar-refractivity contribution is -0.134. The Morgan fingerprint density at radius 2 is 1.68 bits per heavy atom. The number of halogens is 1. The van der Waals surface area contributed by atoms with Crippen LogP contribution in [0.4, 0.5) is 0 Å². The van der Waals surface area contributed by atoms with Crippen molar-refractivity contribution in [3.05, 3.63) is 34.9 Å². The molecule has 0 saturated carbocycles. The number of hydrogen-bond acceptors (Lipinski definition) is 2. The van der Waals surface area contributed by atoms with E-state index in [9.17, 15) is 4.79 Å². The molecule has 0 saturated heterocycles. The van der Waals surface area contributed by atoms with E-state index in [4.69, 9.17) is 11.6 Å². The number of nitrogens with zero attached hydrogens (tertiary/aromatic N) is 1. The van der Waals surface area contributed by atoms with Gasteiger partial charge in [-0.15, -0.1) is 0 Å². The third-order valence-electron chi connectivity index (χ3n) is 3.07. The largest absolute Gasteiger partial charge is 0.342 e. The van der Waals surface area contributed by atoms with Gasteiger partial charge in [-0.1, -0.05) is 23.7 Å². The molecule has 0 aliphatic heterocycles. The van der Waals surface area contributed by atoms with Crippen LogP contribution in [-0.2, 0) is 4.79 Å². The minimum Gasteiger partial charge on any atom is -0.342 e. The number of rotatable bonds is 5. The molecule has 106 valence electrons. The van der Waals surface area contributed by atoms with Crippen molar-refractivity contribution in [2.45, 2.75) is 45.8 Å². The third kappa shape index (κ3) is 4.51. The van der Waals surface area contributed by atoms with E-state index in [-0.39, 0.29) is 24.0 Å². The quantitative estimate of drug-likeness (QED) is 0.899. The first-order valence-corrected chi connectivity index (χ1v) is 6.99. The van der Waals surface area contributed by atoms with E-state index in [1.165, 1.54) is 0 Å². The summed E-state index contributed by atoms with van der Waals surface area (Å²) < 4.78 is 0. The predicted molar refractivity (Wildman–Crippen MR) is 80.4 cm³/mol. The molecule has 1 N–H and O–H groups in total. The Bertz CT molecular complexity index is 415. The first kappa shape index (κ1) is 16.0. The number of benzene rings is 1. The van der Waals surface area contributed by atoms with Gasteiger partial charge in [0.25, 0.3) is 0 Å². The van der Waals surface area contributed by atoms with Gasteiger partial charge in [-0.3, -0.25) is 10.1 Å². The van der Waals surface area contributed by atoms with Crippen LogP contribution in [0.2, 0.25) is 5.02 Å². The molecule has 0 fully saturated rings. The molecule has 0 aliphatic rings. The molecular weight excluding hydrogens is 260 g/mol. The van der Waals surface area contributed by atoms with Crippen LogP contribution in [0, 0.1) is 0 Å². The van der Waals surface area contributed by atoms with E-state index in [2.05, 4.69) is 5.32 Å². The van der Waals surface area contributed by atoms with Gasteiger partial charge in [0.1, 0.15) is 6.04 Å². The van der Waals surface area contributed by atoms with E-state index < -0.39 is 0 Å². The highest BCUT2D eigenvalue weighted by Gasteiger charge is 2.25. The number of likely N-dealkylation sites (N-methyl/N-ethyl adjacent to an activating group) is 1. The molecule has 0 heterocycles. The number of carbonyl (C=O) groups excluding carboxylic acids is 1. The molecule has 1 rings (SSSR count). The standard InChI is InChI=1S/C15H23ClN2O/c1-10(2)17-14(15(19)18(5)11(3)4)12-6-8-13(16)9-7-12/h6-11,14,17H,1-5H3/t14-/m1/s1. The fourth-order valence-electron chi connectivity index (χ4n) is 1.76. The second-order valence-electron chi connectivity index (χ2n) is 5.35. The zero-order valence-electron chi connectivity index (χ0n) is 12.3. The molecule has 0 aromatic heterocycles. The number of carbonyl (C=O) groups is 1. The molecule has 1 amide bonds. The smallest absolute Gasteiger partial charge is 0.244 e. The average molecular weight is 283 g/mol. The molecule has 0 aliphatic carbocycles. The summed E-state index contributed by atoms with van der Waals surface area (Å²) in [5.74, 6) is 0.0750. The number of nitrogens with one attached hydrogen (secondary N) is 1. The van der Waals surface area contributed by atoms with E-state index >= 15 is 0 Å². The van der Waals surface area contributed by atoms with Crippen molar-refractivity contribution in [3.63, 3.8) is 0 Å².